The summed E-state index contributed by atoms with van der Waals surface area (Å²) in [6.07, 6.45) is 0.874. The summed E-state index contributed by atoms with van der Waals surface area (Å²) in [5, 5.41) is 9.34. The molecule has 2 aliphatic heterocycles. The third-order valence-corrected chi connectivity index (χ3v) is 3.15. The lowest BCUT2D eigenvalue weighted by Gasteiger charge is -2.28. The molecule has 0 bridgehead atoms. The van der Waals surface area contributed by atoms with Gasteiger partial charge in [-0.25, -0.2) is 0 Å². The second-order valence-corrected chi connectivity index (χ2v) is 5.46. The predicted molar refractivity (Wildman–Crippen MR) is 67.2 cm³/mol. The zero-order valence-electron chi connectivity index (χ0n) is 11.3. The van der Waals surface area contributed by atoms with Crippen LogP contribution in [0.3, 0.4) is 0 Å². The summed E-state index contributed by atoms with van der Waals surface area (Å²) in [5.74, 6) is -0.751. The maximum atomic E-state index is 9.34. The van der Waals surface area contributed by atoms with Crippen LogP contribution in [-0.4, -0.2) is 49.2 Å². The number of aliphatic hydroxyl groups is 1. The average molecular weight is 250 g/mol. The highest BCUT2D eigenvalue weighted by Gasteiger charge is 2.62. The van der Waals surface area contributed by atoms with Crippen LogP contribution >= 0.6 is 0 Å². The molecule has 18 heavy (non-hydrogen) atoms. The first kappa shape index (κ1) is 13.8. The highest BCUT2D eigenvalue weighted by atomic mass is 16.8. The first-order valence-corrected chi connectivity index (χ1v) is 6.12. The summed E-state index contributed by atoms with van der Waals surface area (Å²) in [7, 11) is 6.01. The second kappa shape index (κ2) is 4.51. The van der Waals surface area contributed by atoms with Gasteiger partial charge in [-0.05, 0) is 39.3 Å². The van der Waals surface area contributed by atoms with Crippen molar-refractivity contribution in [3.63, 3.8) is 0 Å². The lowest BCUT2D eigenvalue weighted by molar-refractivity contribution is -0.191. The highest BCUT2D eigenvalue weighted by Crippen LogP contribution is 2.46. The fourth-order valence-corrected chi connectivity index (χ4v) is 2.45. The molecule has 2 radical (unpaired) electrons. The lowest BCUT2D eigenvalue weighted by Crippen LogP contribution is -2.45. The molecule has 0 amide bonds. The monoisotopic (exact) mass is 250 g/mol. The van der Waals surface area contributed by atoms with E-state index < -0.39 is 29.6 Å². The van der Waals surface area contributed by atoms with E-state index in [9.17, 15) is 5.11 Å². The van der Waals surface area contributed by atoms with Gasteiger partial charge in [0.2, 0.25) is 0 Å². The molecule has 5 heteroatoms. The molecule has 98 valence electrons. The molecular weight excluding hydrogens is 231 g/mol. The van der Waals surface area contributed by atoms with E-state index in [-0.39, 0.29) is 6.61 Å². The van der Waals surface area contributed by atoms with Crippen LogP contribution in [0.25, 0.3) is 0 Å². The largest absolute Gasteiger partial charge is 0.394 e. The number of hydrogen-bond acceptors (Lipinski definition) is 4. The van der Waals surface area contributed by atoms with Gasteiger partial charge in [-0.2, -0.15) is 0 Å². The molecule has 0 saturated carbocycles. The number of hydrogen-bond donors (Lipinski definition) is 1. The van der Waals surface area contributed by atoms with Gasteiger partial charge < -0.3 is 19.3 Å². The summed E-state index contributed by atoms with van der Waals surface area (Å²) in [5.41, 5.74) is 3.24. The van der Waals surface area contributed by atoms with Gasteiger partial charge in [0.05, 0.1) is 12.6 Å². The van der Waals surface area contributed by atoms with Crippen LogP contribution in [0.2, 0.25) is 0 Å². The van der Waals surface area contributed by atoms with Crippen molar-refractivity contribution in [3.8, 4) is 0 Å². The van der Waals surface area contributed by atoms with Crippen LogP contribution in [0.1, 0.15) is 27.7 Å². The van der Waals surface area contributed by atoms with Gasteiger partial charge in [0, 0.05) is 0 Å². The van der Waals surface area contributed by atoms with Crippen molar-refractivity contribution in [1.29, 1.82) is 0 Å². The Bertz CT molecular complexity index is 396. The number of ether oxygens (including phenoxy) is 3. The maximum Gasteiger partial charge on any atom is 0.164 e. The van der Waals surface area contributed by atoms with Crippen molar-refractivity contribution >= 4 is 7.85 Å². The summed E-state index contributed by atoms with van der Waals surface area (Å²) < 4.78 is 17.3. The molecule has 2 fully saturated rings. The van der Waals surface area contributed by atoms with Crippen LogP contribution in [0, 0.1) is 0 Å². The number of rotatable bonds is 2. The Hall–Kier alpha value is -0.575. The van der Waals surface area contributed by atoms with Crippen LogP contribution in [-0.2, 0) is 14.2 Å². The van der Waals surface area contributed by atoms with Crippen molar-refractivity contribution in [3.05, 3.63) is 17.4 Å². The Morgan fingerprint density at radius 2 is 2.11 bits per heavy atom. The zero-order valence-corrected chi connectivity index (χ0v) is 11.3. The standard InChI is InChI=1S/C13H19BO4/c1-8(2)5-6-13-10(17-12(3,4)18-13)9(7-15)16-11(13)14/h6,9-11,15H,7H2,1-4H3. The molecule has 4 atom stereocenters. The van der Waals surface area contributed by atoms with Gasteiger partial charge in [-0.3, -0.25) is 0 Å². The van der Waals surface area contributed by atoms with Crippen LogP contribution < -0.4 is 0 Å². The van der Waals surface area contributed by atoms with Gasteiger partial charge in [-0.1, -0.05) is 0 Å². The van der Waals surface area contributed by atoms with Crippen molar-refractivity contribution < 1.29 is 19.3 Å². The highest BCUT2D eigenvalue weighted by molar-refractivity contribution is 6.12. The molecule has 4 nitrogen and oxygen atoms in total. The molecule has 0 aromatic heterocycles. The van der Waals surface area contributed by atoms with Crippen LogP contribution in [0.5, 0.6) is 0 Å². The fraction of sp³-hybridized carbons (Fsp3) is 0.769. The van der Waals surface area contributed by atoms with Crippen molar-refractivity contribution in [2.45, 2.75) is 57.3 Å². The van der Waals surface area contributed by atoms with Crippen molar-refractivity contribution in [1.82, 2.24) is 0 Å². The molecular formula is C13H19BO4. The van der Waals surface area contributed by atoms with Crippen LogP contribution in [0.4, 0.5) is 0 Å². The fourth-order valence-electron chi connectivity index (χ4n) is 2.45. The van der Waals surface area contributed by atoms with Gasteiger partial charge >= 0.3 is 0 Å². The molecule has 0 aromatic carbocycles. The Kier molecular flexibility index (Phi) is 3.47. The Morgan fingerprint density at radius 3 is 2.67 bits per heavy atom. The van der Waals surface area contributed by atoms with Gasteiger partial charge in [-0.15, -0.1) is 5.73 Å². The zero-order chi connectivity index (χ0) is 13.6. The van der Waals surface area contributed by atoms with E-state index >= 15 is 0 Å². The molecule has 1 N–H and O–H groups in total. The average Bonchev–Trinajstić information content (AvgIpc) is 2.67. The third-order valence-electron chi connectivity index (χ3n) is 3.15. The van der Waals surface area contributed by atoms with E-state index in [1.807, 2.05) is 27.7 Å². The van der Waals surface area contributed by atoms with E-state index in [1.54, 1.807) is 6.08 Å². The molecule has 4 unspecified atom stereocenters. The van der Waals surface area contributed by atoms with Gasteiger partial charge in [0.15, 0.2) is 5.79 Å². The third kappa shape index (κ3) is 2.17. The maximum absolute atomic E-state index is 9.34. The lowest BCUT2D eigenvalue weighted by atomic mass is 9.80. The van der Waals surface area contributed by atoms with Gasteiger partial charge in [0.25, 0.3) is 0 Å². The second-order valence-electron chi connectivity index (χ2n) is 5.46. The minimum absolute atomic E-state index is 0.151. The molecule has 0 aromatic rings. The van der Waals surface area contributed by atoms with E-state index in [1.165, 1.54) is 0 Å². The molecule has 2 rings (SSSR count). The van der Waals surface area contributed by atoms with Gasteiger partial charge in [0.1, 0.15) is 25.7 Å². The molecule has 2 saturated heterocycles. The van der Waals surface area contributed by atoms with E-state index in [0.717, 1.165) is 5.57 Å². The van der Waals surface area contributed by atoms with E-state index in [4.69, 9.17) is 22.1 Å². The first-order chi connectivity index (χ1) is 8.31. The normalized spacial score (nSPS) is 41.3. The van der Waals surface area contributed by atoms with E-state index in [0.29, 0.717) is 0 Å². The molecule has 0 aliphatic carbocycles. The number of fused-ring (bicyclic) bond motifs is 1. The minimum atomic E-state index is -0.881. The summed E-state index contributed by atoms with van der Waals surface area (Å²) in [6, 6.07) is -0.673. The SMILES string of the molecule is [B]C1OC(CO)C2OC(C)(C)OC12C=C=C(C)C. The Labute approximate surface area is 109 Å². The van der Waals surface area contributed by atoms with Crippen molar-refractivity contribution in [2.75, 3.05) is 6.61 Å². The van der Waals surface area contributed by atoms with Crippen LogP contribution in [0.15, 0.2) is 17.4 Å². The Morgan fingerprint density at radius 1 is 1.44 bits per heavy atom. The summed E-state index contributed by atoms with van der Waals surface area (Å²) in [4.78, 5) is 0. The molecule has 2 aliphatic rings. The summed E-state index contributed by atoms with van der Waals surface area (Å²) in [6.45, 7) is 7.37. The predicted octanol–water partition coefficient (Wildman–Crippen LogP) is 0.884. The quantitative estimate of drug-likeness (QED) is 0.584. The first-order valence-electron chi connectivity index (χ1n) is 6.12. The Balaban J connectivity index is 2.42. The number of aliphatic hydroxyl groups excluding tert-OH is 1. The van der Waals surface area contributed by atoms with Crippen molar-refractivity contribution in [2.24, 2.45) is 0 Å². The van der Waals surface area contributed by atoms with E-state index in [2.05, 4.69) is 5.73 Å². The topological polar surface area (TPSA) is 47.9 Å². The smallest absolute Gasteiger partial charge is 0.164 e. The summed E-state index contributed by atoms with van der Waals surface area (Å²) >= 11 is 0. The minimum Gasteiger partial charge on any atom is -0.394 e. The molecule has 2 heterocycles. The molecule has 0 spiro atoms.